The van der Waals surface area contributed by atoms with Crippen LogP contribution in [0.4, 0.5) is 4.79 Å². The van der Waals surface area contributed by atoms with Crippen LogP contribution in [0.1, 0.15) is 46.5 Å². The third-order valence-electron chi connectivity index (χ3n) is 3.49. The Labute approximate surface area is 109 Å². The van der Waals surface area contributed by atoms with Gasteiger partial charge in [0.15, 0.2) is 0 Å². The second-order valence-corrected chi connectivity index (χ2v) is 5.06. The van der Waals surface area contributed by atoms with Crippen LogP contribution in [0.5, 0.6) is 0 Å². The molecule has 0 spiro atoms. The fraction of sp³-hybridized carbons (Fsp3) is 0.846. The van der Waals surface area contributed by atoms with E-state index in [0.717, 1.165) is 19.3 Å². The summed E-state index contributed by atoms with van der Waals surface area (Å²) in [7, 11) is 0. The predicted molar refractivity (Wildman–Crippen MR) is 69.5 cm³/mol. The number of carbonyl (C=O) groups excluding carboxylic acids is 1. The molecule has 1 aliphatic rings. The predicted octanol–water partition coefficient (Wildman–Crippen LogP) is 2.17. The van der Waals surface area contributed by atoms with E-state index in [1.54, 1.807) is 9.80 Å². The summed E-state index contributed by atoms with van der Waals surface area (Å²) in [6.45, 7) is 6.99. The van der Waals surface area contributed by atoms with Crippen molar-refractivity contribution < 1.29 is 14.7 Å². The van der Waals surface area contributed by atoms with Crippen LogP contribution in [0.25, 0.3) is 0 Å². The number of aliphatic carboxylic acids is 1. The largest absolute Gasteiger partial charge is 0.480 e. The second-order valence-electron chi connectivity index (χ2n) is 5.06. The monoisotopic (exact) mass is 256 g/mol. The van der Waals surface area contributed by atoms with Crippen molar-refractivity contribution in [1.82, 2.24) is 9.80 Å². The summed E-state index contributed by atoms with van der Waals surface area (Å²) in [6.07, 6.45) is 3.35. The molecule has 1 atom stereocenters. The Bertz CT molecular complexity index is 305. The van der Waals surface area contributed by atoms with Crippen molar-refractivity contribution >= 4 is 12.0 Å². The Hall–Kier alpha value is -1.26. The number of carboxylic acids is 1. The summed E-state index contributed by atoms with van der Waals surface area (Å²) < 4.78 is 0. The fourth-order valence-corrected chi connectivity index (χ4v) is 2.48. The highest BCUT2D eigenvalue weighted by Gasteiger charge is 2.33. The third-order valence-corrected chi connectivity index (χ3v) is 3.49. The lowest BCUT2D eigenvalue weighted by molar-refractivity contribution is -0.142. The number of hydrogen-bond acceptors (Lipinski definition) is 2. The van der Waals surface area contributed by atoms with Gasteiger partial charge >= 0.3 is 12.0 Å². The molecule has 1 fully saturated rings. The number of hydrogen-bond donors (Lipinski definition) is 1. The van der Waals surface area contributed by atoms with Crippen molar-refractivity contribution in [2.75, 3.05) is 13.1 Å². The first kappa shape index (κ1) is 14.8. The van der Waals surface area contributed by atoms with E-state index in [1.807, 2.05) is 20.8 Å². The van der Waals surface area contributed by atoms with E-state index in [1.165, 1.54) is 0 Å². The van der Waals surface area contributed by atoms with Crippen LogP contribution in [0.15, 0.2) is 0 Å². The lowest BCUT2D eigenvalue weighted by Crippen LogP contribution is -2.52. The summed E-state index contributed by atoms with van der Waals surface area (Å²) in [5.41, 5.74) is 0. The van der Waals surface area contributed by atoms with E-state index in [0.29, 0.717) is 19.5 Å². The number of urea groups is 1. The average molecular weight is 256 g/mol. The molecule has 5 nitrogen and oxygen atoms in total. The molecule has 104 valence electrons. The van der Waals surface area contributed by atoms with Gasteiger partial charge in [-0.25, -0.2) is 9.59 Å². The minimum absolute atomic E-state index is 0.0974. The van der Waals surface area contributed by atoms with Crippen LogP contribution in [0.2, 0.25) is 0 Å². The zero-order valence-electron chi connectivity index (χ0n) is 11.6. The summed E-state index contributed by atoms with van der Waals surface area (Å²) in [5, 5.41) is 9.26. The first-order chi connectivity index (χ1) is 8.49. The molecule has 0 aromatic rings. The van der Waals surface area contributed by atoms with Gasteiger partial charge in [0.1, 0.15) is 6.04 Å². The lowest BCUT2D eigenvalue weighted by atomic mass is 10.1. The minimum atomic E-state index is -0.884. The molecule has 2 amide bonds. The Balaban J connectivity index is 2.87. The molecule has 0 aromatic carbocycles. The Morgan fingerprint density at radius 3 is 2.50 bits per heavy atom. The summed E-state index contributed by atoms with van der Waals surface area (Å²) in [5.74, 6) is -0.884. The molecule has 0 bridgehead atoms. The standard InChI is InChI=1S/C13H24N2O3/c1-4-14(10(2)3)13(18)15-9-7-5-6-8-11(15)12(16)17/h10-11H,4-9H2,1-3H3,(H,16,17). The van der Waals surface area contributed by atoms with Gasteiger partial charge in [0.05, 0.1) is 0 Å². The maximum Gasteiger partial charge on any atom is 0.326 e. The highest BCUT2D eigenvalue weighted by atomic mass is 16.4. The Morgan fingerprint density at radius 1 is 1.33 bits per heavy atom. The van der Waals surface area contributed by atoms with Crippen LogP contribution in [0.3, 0.4) is 0 Å². The van der Waals surface area contributed by atoms with Crippen molar-refractivity contribution in [2.24, 2.45) is 0 Å². The molecule has 5 heteroatoms. The van der Waals surface area contributed by atoms with E-state index < -0.39 is 12.0 Å². The number of rotatable bonds is 3. The summed E-state index contributed by atoms with van der Waals surface area (Å²) in [4.78, 5) is 27.0. The van der Waals surface area contributed by atoms with Crippen LogP contribution >= 0.6 is 0 Å². The average Bonchev–Trinajstić information content (AvgIpc) is 2.54. The zero-order chi connectivity index (χ0) is 13.7. The van der Waals surface area contributed by atoms with Crippen molar-refractivity contribution in [1.29, 1.82) is 0 Å². The first-order valence-electron chi connectivity index (χ1n) is 6.79. The molecule has 1 heterocycles. The highest BCUT2D eigenvalue weighted by Crippen LogP contribution is 2.19. The SMILES string of the molecule is CCN(C(=O)N1CCCCCC1C(=O)O)C(C)C. The van der Waals surface area contributed by atoms with Gasteiger partial charge in [-0.1, -0.05) is 12.8 Å². The highest BCUT2D eigenvalue weighted by molar-refractivity contribution is 5.83. The van der Waals surface area contributed by atoms with Crippen molar-refractivity contribution in [2.45, 2.75) is 58.5 Å². The Morgan fingerprint density at radius 2 is 2.00 bits per heavy atom. The maximum absolute atomic E-state index is 12.4. The Kier molecular flexibility index (Phi) is 5.44. The smallest absolute Gasteiger partial charge is 0.326 e. The molecule has 1 N–H and O–H groups in total. The molecule has 1 unspecified atom stereocenters. The number of nitrogens with zero attached hydrogens (tertiary/aromatic N) is 2. The van der Waals surface area contributed by atoms with E-state index in [4.69, 9.17) is 0 Å². The number of carboxylic acid groups (broad SMARTS) is 1. The maximum atomic E-state index is 12.4. The van der Waals surface area contributed by atoms with Crippen LogP contribution < -0.4 is 0 Å². The molecule has 0 radical (unpaired) electrons. The van der Waals surface area contributed by atoms with Crippen molar-refractivity contribution in [3.8, 4) is 0 Å². The fourth-order valence-electron chi connectivity index (χ4n) is 2.48. The quantitative estimate of drug-likeness (QED) is 0.841. The molecule has 0 aliphatic carbocycles. The normalized spacial score (nSPS) is 20.7. The van der Waals surface area contributed by atoms with Crippen LogP contribution in [0, 0.1) is 0 Å². The lowest BCUT2D eigenvalue weighted by Gasteiger charge is -2.34. The van der Waals surface area contributed by atoms with Gasteiger partial charge in [-0.3, -0.25) is 0 Å². The van der Waals surface area contributed by atoms with Gasteiger partial charge in [-0.2, -0.15) is 0 Å². The van der Waals surface area contributed by atoms with E-state index in [-0.39, 0.29) is 12.1 Å². The van der Waals surface area contributed by atoms with Gasteiger partial charge in [0, 0.05) is 19.1 Å². The molecule has 1 rings (SSSR count). The topological polar surface area (TPSA) is 60.9 Å². The third kappa shape index (κ3) is 3.37. The van der Waals surface area contributed by atoms with Gasteiger partial charge in [0.2, 0.25) is 0 Å². The van der Waals surface area contributed by atoms with Crippen LogP contribution in [-0.2, 0) is 4.79 Å². The number of likely N-dealkylation sites (tertiary alicyclic amines) is 1. The van der Waals surface area contributed by atoms with Gasteiger partial charge in [0.25, 0.3) is 0 Å². The number of amides is 2. The van der Waals surface area contributed by atoms with Crippen molar-refractivity contribution in [3.63, 3.8) is 0 Å². The van der Waals surface area contributed by atoms with Gasteiger partial charge in [-0.05, 0) is 33.6 Å². The second kappa shape index (κ2) is 6.61. The van der Waals surface area contributed by atoms with Crippen molar-refractivity contribution in [3.05, 3.63) is 0 Å². The molecule has 0 aromatic heterocycles. The van der Waals surface area contributed by atoms with Gasteiger partial charge < -0.3 is 14.9 Å². The molecular formula is C13H24N2O3. The van der Waals surface area contributed by atoms with E-state index in [2.05, 4.69) is 0 Å². The van der Waals surface area contributed by atoms with E-state index in [9.17, 15) is 14.7 Å². The first-order valence-corrected chi connectivity index (χ1v) is 6.79. The minimum Gasteiger partial charge on any atom is -0.480 e. The zero-order valence-corrected chi connectivity index (χ0v) is 11.6. The number of carbonyl (C=O) groups is 2. The summed E-state index contributed by atoms with van der Waals surface area (Å²) >= 11 is 0. The summed E-state index contributed by atoms with van der Waals surface area (Å²) in [6, 6.07) is -0.699. The molecule has 1 aliphatic heterocycles. The molecule has 1 saturated heterocycles. The molecular weight excluding hydrogens is 232 g/mol. The van der Waals surface area contributed by atoms with Gasteiger partial charge in [-0.15, -0.1) is 0 Å². The van der Waals surface area contributed by atoms with Crippen LogP contribution in [-0.4, -0.2) is 52.1 Å². The van der Waals surface area contributed by atoms with E-state index >= 15 is 0 Å². The molecule has 0 saturated carbocycles. The molecule has 18 heavy (non-hydrogen) atoms.